The highest BCUT2D eigenvalue weighted by atomic mass is 35.5. The summed E-state index contributed by atoms with van der Waals surface area (Å²) in [6.45, 7) is 6.58. The highest BCUT2D eigenvalue weighted by Crippen LogP contribution is 2.24. The van der Waals surface area contributed by atoms with Crippen LogP contribution in [0.25, 0.3) is 0 Å². The number of rotatable bonds is 5. The first-order chi connectivity index (χ1) is 7.00. The molecule has 0 radical (unpaired) electrons. The molecule has 15 heavy (non-hydrogen) atoms. The van der Waals surface area contributed by atoms with Crippen LogP contribution in [0.3, 0.4) is 0 Å². The minimum Gasteiger partial charge on any atom is -0.276 e. The summed E-state index contributed by atoms with van der Waals surface area (Å²) < 4.78 is 1.85. The number of alkyl halides is 1. The van der Waals surface area contributed by atoms with Gasteiger partial charge in [0.2, 0.25) is 0 Å². The van der Waals surface area contributed by atoms with Crippen LogP contribution >= 0.6 is 11.6 Å². The van der Waals surface area contributed by atoms with Crippen LogP contribution in [0.15, 0.2) is 12.4 Å². The number of hydrogen-bond acceptors (Lipinski definition) is 1. The third-order valence-electron chi connectivity index (χ3n) is 2.97. The summed E-state index contributed by atoms with van der Waals surface area (Å²) >= 11 is 6.19. The fourth-order valence-corrected chi connectivity index (χ4v) is 2.44. The van der Waals surface area contributed by atoms with Crippen LogP contribution in [0.2, 0.25) is 0 Å². The highest BCUT2D eigenvalue weighted by Gasteiger charge is 2.18. The summed E-state index contributed by atoms with van der Waals surface area (Å²) in [6.07, 6.45) is 6.24. The maximum Gasteiger partial charge on any atom is 0.0521 e. The lowest BCUT2D eigenvalue weighted by atomic mass is 9.88. The standard InChI is InChI=1S/C12H21ClN2/c1-9(2)12(10(3)13)6-5-11-7-14-15(4)8-11/h7-10,12H,5-6H2,1-4H3. The summed E-state index contributed by atoms with van der Waals surface area (Å²) in [5.74, 6) is 1.24. The van der Waals surface area contributed by atoms with Crippen molar-refractivity contribution in [1.29, 1.82) is 0 Å². The third-order valence-corrected chi connectivity index (χ3v) is 3.29. The molecule has 0 saturated heterocycles. The number of halogens is 1. The predicted octanol–water partition coefficient (Wildman–Crippen LogP) is 3.25. The van der Waals surface area contributed by atoms with Gasteiger partial charge in [0.15, 0.2) is 0 Å². The zero-order valence-corrected chi connectivity index (χ0v) is 10.8. The van der Waals surface area contributed by atoms with Gasteiger partial charge in [0, 0.05) is 18.6 Å². The number of hydrogen-bond donors (Lipinski definition) is 0. The summed E-state index contributed by atoms with van der Waals surface area (Å²) in [6, 6.07) is 0. The van der Waals surface area contributed by atoms with Gasteiger partial charge in [-0.05, 0) is 37.2 Å². The minimum atomic E-state index is 0.252. The van der Waals surface area contributed by atoms with Crippen molar-refractivity contribution in [1.82, 2.24) is 9.78 Å². The van der Waals surface area contributed by atoms with Gasteiger partial charge in [0.1, 0.15) is 0 Å². The van der Waals surface area contributed by atoms with E-state index in [1.54, 1.807) is 0 Å². The first-order valence-corrected chi connectivity index (χ1v) is 6.06. The largest absolute Gasteiger partial charge is 0.276 e. The van der Waals surface area contributed by atoms with E-state index in [4.69, 9.17) is 11.6 Å². The van der Waals surface area contributed by atoms with Gasteiger partial charge in [-0.25, -0.2) is 0 Å². The van der Waals surface area contributed by atoms with Crippen molar-refractivity contribution in [2.24, 2.45) is 18.9 Å². The Balaban J connectivity index is 2.47. The molecule has 0 bridgehead atoms. The summed E-state index contributed by atoms with van der Waals surface area (Å²) in [7, 11) is 1.95. The molecule has 1 aromatic rings. The van der Waals surface area contributed by atoms with E-state index in [1.165, 1.54) is 5.56 Å². The summed E-state index contributed by atoms with van der Waals surface area (Å²) in [5.41, 5.74) is 1.31. The van der Waals surface area contributed by atoms with Gasteiger partial charge in [0.05, 0.1) is 6.20 Å². The SMILES string of the molecule is CC(C)C(CCc1cnn(C)c1)C(C)Cl. The number of nitrogens with zero attached hydrogens (tertiary/aromatic N) is 2. The Morgan fingerprint density at radius 2 is 2.07 bits per heavy atom. The van der Waals surface area contributed by atoms with Gasteiger partial charge in [-0.3, -0.25) is 4.68 Å². The van der Waals surface area contributed by atoms with Crippen LogP contribution in [-0.4, -0.2) is 15.2 Å². The second kappa shape index (κ2) is 5.55. The molecule has 1 heterocycles. The Morgan fingerprint density at radius 3 is 2.47 bits per heavy atom. The smallest absolute Gasteiger partial charge is 0.0521 e. The van der Waals surface area contributed by atoms with Gasteiger partial charge in [-0.2, -0.15) is 5.10 Å². The van der Waals surface area contributed by atoms with E-state index in [-0.39, 0.29) is 5.38 Å². The molecule has 1 rings (SSSR count). The van der Waals surface area contributed by atoms with Crippen molar-refractivity contribution in [3.63, 3.8) is 0 Å². The van der Waals surface area contributed by atoms with Crippen molar-refractivity contribution in [2.45, 2.75) is 39.0 Å². The molecule has 0 N–H and O–H groups in total. The van der Waals surface area contributed by atoms with Crippen molar-refractivity contribution in [2.75, 3.05) is 0 Å². The van der Waals surface area contributed by atoms with E-state index in [1.807, 2.05) is 17.9 Å². The van der Waals surface area contributed by atoms with E-state index >= 15 is 0 Å². The molecule has 0 aliphatic rings. The monoisotopic (exact) mass is 228 g/mol. The zero-order valence-electron chi connectivity index (χ0n) is 10.1. The molecule has 2 atom stereocenters. The lowest BCUT2D eigenvalue weighted by Gasteiger charge is -2.22. The van der Waals surface area contributed by atoms with Gasteiger partial charge in [-0.15, -0.1) is 11.6 Å². The number of aryl methyl sites for hydroxylation is 2. The average molecular weight is 229 g/mol. The van der Waals surface area contributed by atoms with Crippen LogP contribution < -0.4 is 0 Å². The van der Waals surface area contributed by atoms with Gasteiger partial charge in [-0.1, -0.05) is 13.8 Å². The second-order valence-corrected chi connectivity index (χ2v) is 5.33. The second-order valence-electron chi connectivity index (χ2n) is 4.65. The molecule has 3 heteroatoms. The quantitative estimate of drug-likeness (QED) is 0.708. The van der Waals surface area contributed by atoms with E-state index in [0.717, 1.165) is 12.8 Å². The summed E-state index contributed by atoms with van der Waals surface area (Å²) in [5, 5.41) is 4.42. The molecule has 0 aromatic carbocycles. The number of aromatic nitrogens is 2. The Bertz CT molecular complexity index is 284. The zero-order chi connectivity index (χ0) is 11.4. The molecule has 0 fully saturated rings. The Hall–Kier alpha value is -0.500. The third kappa shape index (κ3) is 3.86. The molecule has 2 unspecified atom stereocenters. The molecule has 0 aliphatic carbocycles. The van der Waals surface area contributed by atoms with E-state index < -0.39 is 0 Å². The highest BCUT2D eigenvalue weighted by molar-refractivity contribution is 6.20. The molecule has 86 valence electrons. The molecule has 0 aliphatic heterocycles. The average Bonchev–Trinajstić information content (AvgIpc) is 2.50. The Kier molecular flexibility index (Phi) is 4.65. The van der Waals surface area contributed by atoms with E-state index in [2.05, 4.69) is 32.1 Å². The van der Waals surface area contributed by atoms with Crippen molar-refractivity contribution in [3.05, 3.63) is 18.0 Å². The van der Waals surface area contributed by atoms with E-state index in [9.17, 15) is 0 Å². The minimum absolute atomic E-state index is 0.252. The predicted molar refractivity (Wildman–Crippen MR) is 65.2 cm³/mol. The van der Waals surface area contributed by atoms with Crippen molar-refractivity contribution >= 4 is 11.6 Å². The molecular weight excluding hydrogens is 208 g/mol. The van der Waals surface area contributed by atoms with Crippen LogP contribution in [0.5, 0.6) is 0 Å². The van der Waals surface area contributed by atoms with Gasteiger partial charge < -0.3 is 0 Å². The van der Waals surface area contributed by atoms with Crippen molar-refractivity contribution in [3.8, 4) is 0 Å². The molecule has 0 amide bonds. The first kappa shape index (κ1) is 12.6. The lowest BCUT2D eigenvalue weighted by Crippen LogP contribution is -2.18. The van der Waals surface area contributed by atoms with Gasteiger partial charge in [0.25, 0.3) is 0 Å². The topological polar surface area (TPSA) is 17.8 Å². The Morgan fingerprint density at radius 1 is 1.40 bits per heavy atom. The van der Waals surface area contributed by atoms with Crippen molar-refractivity contribution < 1.29 is 0 Å². The molecule has 2 nitrogen and oxygen atoms in total. The fourth-order valence-electron chi connectivity index (χ4n) is 2.03. The molecule has 1 aromatic heterocycles. The maximum atomic E-state index is 6.19. The lowest BCUT2D eigenvalue weighted by molar-refractivity contribution is 0.354. The molecule has 0 spiro atoms. The first-order valence-electron chi connectivity index (χ1n) is 5.62. The van der Waals surface area contributed by atoms with E-state index in [0.29, 0.717) is 11.8 Å². The normalized spacial score (nSPS) is 15.6. The summed E-state index contributed by atoms with van der Waals surface area (Å²) in [4.78, 5) is 0. The van der Waals surface area contributed by atoms with Gasteiger partial charge >= 0.3 is 0 Å². The van der Waals surface area contributed by atoms with Crippen LogP contribution in [0.4, 0.5) is 0 Å². The molecular formula is C12H21ClN2. The van der Waals surface area contributed by atoms with Crippen LogP contribution in [0, 0.1) is 11.8 Å². The fraction of sp³-hybridized carbons (Fsp3) is 0.750. The maximum absolute atomic E-state index is 6.19. The molecule has 0 saturated carbocycles. The van der Waals surface area contributed by atoms with Crippen LogP contribution in [-0.2, 0) is 13.5 Å². The Labute approximate surface area is 97.6 Å². The van der Waals surface area contributed by atoms with Crippen LogP contribution in [0.1, 0.15) is 32.8 Å².